The molecule has 1 aromatic carbocycles. The SMILES string of the molecule is CN=C(NCCOc1cccc(F)c1)NCCc1nc(C)c(C)s1. The molecule has 1 heterocycles. The lowest BCUT2D eigenvalue weighted by molar-refractivity contribution is 0.320. The maximum absolute atomic E-state index is 13.0. The number of ether oxygens (including phenoxy) is 1. The third kappa shape index (κ3) is 5.81. The monoisotopic (exact) mass is 350 g/mol. The van der Waals surface area contributed by atoms with Crippen molar-refractivity contribution in [1.29, 1.82) is 0 Å². The van der Waals surface area contributed by atoms with Gasteiger partial charge in [0.25, 0.3) is 0 Å². The molecule has 1 aromatic heterocycles. The number of benzene rings is 1. The number of rotatable bonds is 7. The predicted molar refractivity (Wildman–Crippen MR) is 96.6 cm³/mol. The standard InChI is InChI=1S/C17H23FN4OS/c1-12-13(2)24-16(22-12)7-8-20-17(19-3)21-9-10-23-15-6-4-5-14(18)11-15/h4-6,11H,7-10H2,1-3H3,(H2,19,20,21). The molecule has 0 spiro atoms. The first-order chi connectivity index (χ1) is 11.6. The van der Waals surface area contributed by atoms with Crippen molar-refractivity contribution in [3.63, 3.8) is 0 Å². The highest BCUT2D eigenvalue weighted by molar-refractivity contribution is 7.11. The van der Waals surface area contributed by atoms with Gasteiger partial charge in [0.15, 0.2) is 5.96 Å². The van der Waals surface area contributed by atoms with E-state index >= 15 is 0 Å². The van der Waals surface area contributed by atoms with Crippen LogP contribution < -0.4 is 15.4 Å². The fraction of sp³-hybridized carbons (Fsp3) is 0.412. The molecule has 0 aliphatic rings. The Balaban J connectivity index is 1.65. The zero-order valence-corrected chi connectivity index (χ0v) is 15.0. The molecular formula is C17H23FN4OS. The minimum Gasteiger partial charge on any atom is -0.492 e. The highest BCUT2D eigenvalue weighted by atomic mass is 32.1. The normalized spacial score (nSPS) is 11.4. The fourth-order valence-corrected chi connectivity index (χ4v) is 2.98. The van der Waals surface area contributed by atoms with Crippen molar-refractivity contribution in [2.45, 2.75) is 20.3 Å². The van der Waals surface area contributed by atoms with Crippen LogP contribution in [0.5, 0.6) is 5.75 Å². The summed E-state index contributed by atoms with van der Waals surface area (Å²) in [5.74, 6) is 0.933. The average Bonchev–Trinajstić information content (AvgIpc) is 2.88. The Hall–Kier alpha value is -2.15. The van der Waals surface area contributed by atoms with Crippen molar-refractivity contribution >= 4 is 17.3 Å². The third-order valence-electron chi connectivity index (χ3n) is 3.39. The topological polar surface area (TPSA) is 58.5 Å². The van der Waals surface area contributed by atoms with Crippen LogP contribution in [0.4, 0.5) is 4.39 Å². The molecule has 0 aliphatic heterocycles. The Morgan fingerprint density at radius 2 is 2.08 bits per heavy atom. The molecular weight excluding hydrogens is 327 g/mol. The quantitative estimate of drug-likeness (QED) is 0.458. The molecule has 0 atom stereocenters. The van der Waals surface area contributed by atoms with Crippen LogP contribution in [-0.2, 0) is 6.42 Å². The summed E-state index contributed by atoms with van der Waals surface area (Å²) >= 11 is 1.73. The van der Waals surface area contributed by atoms with Crippen molar-refractivity contribution in [2.75, 3.05) is 26.7 Å². The van der Waals surface area contributed by atoms with Gasteiger partial charge < -0.3 is 15.4 Å². The van der Waals surface area contributed by atoms with Crippen LogP contribution >= 0.6 is 11.3 Å². The number of aliphatic imine (C=N–C) groups is 1. The predicted octanol–water partition coefficient (Wildman–Crippen LogP) is 2.69. The molecule has 7 heteroatoms. The minimum atomic E-state index is -0.300. The Labute approximate surface area is 146 Å². The number of hydrogen-bond acceptors (Lipinski definition) is 4. The van der Waals surface area contributed by atoms with Crippen LogP contribution in [0.25, 0.3) is 0 Å². The van der Waals surface area contributed by atoms with Crippen LogP contribution in [0.2, 0.25) is 0 Å². The first-order valence-electron chi connectivity index (χ1n) is 7.84. The number of nitrogens with zero attached hydrogens (tertiary/aromatic N) is 2. The molecule has 0 saturated carbocycles. The van der Waals surface area contributed by atoms with Gasteiger partial charge in [-0.3, -0.25) is 4.99 Å². The molecule has 0 fully saturated rings. The number of halogens is 1. The van der Waals surface area contributed by atoms with Gasteiger partial charge >= 0.3 is 0 Å². The largest absolute Gasteiger partial charge is 0.492 e. The Bertz CT molecular complexity index is 667. The van der Waals surface area contributed by atoms with Gasteiger partial charge in [-0.1, -0.05) is 6.07 Å². The molecule has 0 aliphatic carbocycles. The minimum absolute atomic E-state index is 0.300. The van der Waals surface area contributed by atoms with Gasteiger partial charge in [-0.25, -0.2) is 9.37 Å². The zero-order valence-electron chi connectivity index (χ0n) is 14.2. The molecule has 2 rings (SSSR count). The number of thiazole rings is 1. The van der Waals surface area contributed by atoms with Gasteiger partial charge in [0.2, 0.25) is 0 Å². The van der Waals surface area contributed by atoms with Crippen LogP contribution in [0.1, 0.15) is 15.6 Å². The molecule has 5 nitrogen and oxygen atoms in total. The molecule has 130 valence electrons. The number of guanidine groups is 1. The maximum atomic E-state index is 13.0. The van der Waals surface area contributed by atoms with Crippen molar-refractivity contribution < 1.29 is 9.13 Å². The summed E-state index contributed by atoms with van der Waals surface area (Å²) < 4.78 is 18.5. The first kappa shape index (κ1) is 18.2. The van der Waals surface area contributed by atoms with E-state index in [2.05, 4.69) is 27.5 Å². The molecule has 0 bridgehead atoms. The van der Waals surface area contributed by atoms with Crippen molar-refractivity contribution in [3.8, 4) is 5.75 Å². The Kier molecular flexibility index (Phi) is 6.99. The van der Waals surface area contributed by atoms with Gasteiger partial charge in [-0.2, -0.15) is 0 Å². The molecule has 2 aromatic rings. The van der Waals surface area contributed by atoms with E-state index in [1.165, 1.54) is 17.0 Å². The smallest absolute Gasteiger partial charge is 0.191 e. The van der Waals surface area contributed by atoms with Crippen LogP contribution in [-0.4, -0.2) is 37.7 Å². The molecule has 24 heavy (non-hydrogen) atoms. The van der Waals surface area contributed by atoms with Crippen LogP contribution in [0, 0.1) is 19.7 Å². The molecule has 2 N–H and O–H groups in total. The van der Waals surface area contributed by atoms with Crippen LogP contribution in [0.15, 0.2) is 29.3 Å². The highest BCUT2D eigenvalue weighted by Crippen LogP contribution is 2.16. The van der Waals surface area contributed by atoms with Crippen molar-refractivity contribution in [3.05, 3.63) is 45.7 Å². The van der Waals surface area contributed by atoms with Crippen molar-refractivity contribution in [1.82, 2.24) is 15.6 Å². The van der Waals surface area contributed by atoms with E-state index in [4.69, 9.17) is 4.74 Å². The summed E-state index contributed by atoms with van der Waals surface area (Å²) in [4.78, 5) is 9.94. The van der Waals surface area contributed by atoms with Gasteiger partial charge in [0, 0.05) is 31.0 Å². The van der Waals surface area contributed by atoms with E-state index in [0.29, 0.717) is 24.9 Å². The third-order valence-corrected chi connectivity index (χ3v) is 4.52. The van der Waals surface area contributed by atoms with Crippen molar-refractivity contribution in [2.24, 2.45) is 4.99 Å². The number of aryl methyl sites for hydroxylation is 2. The van der Waals surface area contributed by atoms with E-state index < -0.39 is 0 Å². The summed E-state index contributed by atoms with van der Waals surface area (Å²) in [6.07, 6.45) is 0.861. The lowest BCUT2D eigenvalue weighted by Gasteiger charge is -2.12. The lowest BCUT2D eigenvalue weighted by atomic mass is 10.3. The Morgan fingerprint density at radius 3 is 2.75 bits per heavy atom. The summed E-state index contributed by atoms with van der Waals surface area (Å²) in [5, 5.41) is 7.53. The Morgan fingerprint density at radius 1 is 1.29 bits per heavy atom. The van der Waals surface area contributed by atoms with E-state index in [1.54, 1.807) is 30.5 Å². The second-order valence-electron chi connectivity index (χ2n) is 5.23. The molecule has 0 saturated heterocycles. The average molecular weight is 350 g/mol. The second kappa shape index (κ2) is 9.22. The zero-order chi connectivity index (χ0) is 17.4. The number of aromatic nitrogens is 1. The molecule has 0 unspecified atom stereocenters. The first-order valence-corrected chi connectivity index (χ1v) is 8.66. The summed E-state index contributed by atoms with van der Waals surface area (Å²) in [6, 6.07) is 6.11. The maximum Gasteiger partial charge on any atom is 0.191 e. The highest BCUT2D eigenvalue weighted by Gasteiger charge is 2.04. The van der Waals surface area contributed by atoms with Gasteiger partial charge in [-0.15, -0.1) is 11.3 Å². The summed E-state index contributed by atoms with van der Waals surface area (Å²) in [5.41, 5.74) is 1.10. The van der Waals surface area contributed by atoms with Gasteiger partial charge in [-0.05, 0) is 26.0 Å². The van der Waals surface area contributed by atoms with E-state index in [9.17, 15) is 4.39 Å². The van der Waals surface area contributed by atoms with E-state index in [1.807, 2.05) is 6.92 Å². The number of hydrogen-bond donors (Lipinski definition) is 2. The summed E-state index contributed by atoms with van der Waals surface area (Å²) in [6.45, 7) is 5.88. The van der Waals surface area contributed by atoms with Gasteiger partial charge in [0.05, 0.1) is 17.2 Å². The second-order valence-corrected chi connectivity index (χ2v) is 6.52. The molecule has 0 radical (unpaired) electrons. The molecule has 0 amide bonds. The van der Waals surface area contributed by atoms with Gasteiger partial charge in [0.1, 0.15) is 18.2 Å². The number of nitrogens with one attached hydrogen (secondary N) is 2. The van der Waals surface area contributed by atoms with Crippen LogP contribution in [0.3, 0.4) is 0 Å². The lowest BCUT2D eigenvalue weighted by Crippen LogP contribution is -2.40. The van der Waals surface area contributed by atoms with E-state index in [0.717, 1.165) is 23.7 Å². The fourth-order valence-electron chi connectivity index (χ4n) is 2.05. The summed E-state index contributed by atoms with van der Waals surface area (Å²) in [7, 11) is 1.72. The van der Waals surface area contributed by atoms with E-state index in [-0.39, 0.29) is 5.82 Å².